The number of benzene rings is 2. The number of carbonyl (C=O) groups excluding carboxylic acids is 1. The fraction of sp³-hybridized carbons (Fsp3) is 0.130. The predicted molar refractivity (Wildman–Crippen MR) is 120 cm³/mol. The molecular formula is C23H20N4O3S. The molecule has 2 aromatic heterocycles. The Morgan fingerprint density at radius 2 is 1.87 bits per heavy atom. The van der Waals surface area contributed by atoms with Gasteiger partial charge in [0.05, 0.1) is 22.1 Å². The minimum absolute atomic E-state index is 0.153. The van der Waals surface area contributed by atoms with E-state index in [1.807, 2.05) is 24.3 Å². The number of fused-ring (bicyclic) bond motifs is 1. The third-order valence-electron chi connectivity index (χ3n) is 4.81. The van der Waals surface area contributed by atoms with Gasteiger partial charge >= 0.3 is 0 Å². The van der Waals surface area contributed by atoms with Crippen molar-refractivity contribution >= 4 is 33.4 Å². The van der Waals surface area contributed by atoms with Crippen molar-refractivity contribution in [3.8, 4) is 0 Å². The Morgan fingerprint density at radius 1 is 1.03 bits per heavy atom. The molecule has 0 saturated heterocycles. The summed E-state index contributed by atoms with van der Waals surface area (Å²) in [5.74, 6) is 0.153. The van der Waals surface area contributed by atoms with Gasteiger partial charge in [0.25, 0.3) is 5.56 Å². The van der Waals surface area contributed by atoms with Crippen LogP contribution in [0.2, 0.25) is 0 Å². The third-order valence-corrected chi connectivity index (χ3v) is 5.96. The van der Waals surface area contributed by atoms with E-state index in [0.29, 0.717) is 40.7 Å². The highest BCUT2D eigenvalue weighted by Gasteiger charge is 2.12. The Bertz CT molecular complexity index is 1290. The first-order valence-electron chi connectivity index (χ1n) is 9.74. The number of aromatic nitrogens is 3. The summed E-state index contributed by atoms with van der Waals surface area (Å²) in [7, 11) is -1.60. The van der Waals surface area contributed by atoms with Gasteiger partial charge in [-0.15, -0.1) is 0 Å². The summed E-state index contributed by atoms with van der Waals surface area (Å²) in [6, 6.07) is 16.1. The zero-order chi connectivity index (χ0) is 21.6. The molecule has 2 heterocycles. The lowest BCUT2D eigenvalue weighted by molar-refractivity contribution is -0.118. The number of rotatable bonds is 8. The van der Waals surface area contributed by atoms with E-state index < -0.39 is 11.0 Å². The molecule has 8 heteroatoms. The molecule has 7 nitrogen and oxygen atoms in total. The molecule has 31 heavy (non-hydrogen) atoms. The summed E-state index contributed by atoms with van der Waals surface area (Å²) in [6.07, 6.45) is 6.26. The summed E-state index contributed by atoms with van der Waals surface area (Å²) in [4.78, 5) is 35.3. The van der Waals surface area contributed by atoms with Crippen LogP contribution < -0.4 is 10.3 Å². The smallest absolute Gasteiger partial charge is 0.258 e. The molecule has 1 unspecified atom stereocenters. The molecule has 1 atom stereocenters. The van der Waals surface area contributed by atoms with Gasteiger partial charge in [-0.25, -0.2) is 9.19 Å². The van der Waals surface area contributed by atoms with Crippen molar-refractivity contribution < 1.29 is 9.00 Å². The number of Topliss-reactive ketones (excluding diaryl/α,β-unsaturated/α-hetero) is 1. The molecule has 2 N–H and O–H groups in total. The average Bonchev–Trinajstić information content (AvgIpc) is 2.80. The van der Waals surface area contributed by atoms with Crippen molar-refractivity contribution in [1.29, 1.82) is 0 Å². The summed E-state index contributed by atoms with van der Waals surface area (Å²) in [6.45, 7) is 0. The summed E-state index contributed by atoms with van der Waals surface area (Å²) in [5, 5.41) is 0.385. The fourth-order valence-corrected chi connectivity index (χ4v) is 4.22. The number of pyridine rings is 1. The first kappa shape index (κ1) is 20.6. The zero-order valence-electron chi connectivity index (χ0n) is 16.6. The minimum atomic E-state index is -1.60. The molecule has 0 aliphatic carbocycles. The molecule has 0 radical (unpaired) electrons. The van der Waals surface area contributed by atoms with Crippen molar-refractivity contribution in [3.63, 3.8) is 0 Å². The van der Waals surface area contributed by atoms with Crippen molar-refractivity contribution in [3.05, 3.63) is 94.8 Å². The van der Waals surface area contributed by atoms with Crippen LogP contribution in [-0.2, 0) is 28.6 Å². The Labute approximate surface area is 181 Å². The molecule has 0 fully saturated rings. The maximum absolute atomic E-state index is 12.8. The van der Waals surface area contributed by atoms with E-state index in [0.717, 1.165) is 11.1 Å². The molecule has 0 bridgehead atoms. The van der Waals surface area contributed by atoms with Crippen LogP contribution in [0.25, 0.3) is 10.9 Å². The van der Waals surface area contributed by atoms with E-state index in [4.69, 9.17) is 0 Å². The average molecular weight is 433 g/mol. The molecule has 0 aliphatic rings. The molecule has 0 saturated carbocycles. The quantitative estimate of drug-likeness (QED) is 0.445. The van der Waals surface area contributed by atoms with Crippen molar-refractivity contribution in [2.45, 2.75) is 24.2 Å². The molecule has 0 aliphatic heterocycles. The number of ketones is 1. The number of para-hydroxylation sites is 1. The maximum atomic E-state index is 12.8. The van der Waals surface area contributed by atoms with Gasteiger partial charge in [0.2, 0.25) is 0 Å². The SMILES string of the molecule is O=C(CCc1cccnc1)Cc1ccc(NS(=O)c2cccc3c(=O)[nH]cnc23)cc1. The first-order chi connectivity index (χ1) is 15.1. The van der Waals surface area contributed by atoms with Crippen LogP contribution in [0.1, 0.15) is 17.5 Å². The Kier molecular flexibility index (Phi) is 6.28. The first-order valence-corrected chi connectivity index (χ1v) is 10.9. The van der Waals surface area contributed by atoms with Crippen LogP contribution >= 0.6 is 0 Å². The highest BCUT2D eigenvalue weighted by Crippen LogP contribution is 2.19. The third kappa shape index (κ3) is 5.10. The standard InChI is InChI=1S/C23H20N4O3S/c28-19(11-8-17-3-2-12-24-14-17)13-16-6-9-18(10-7-16)27-31(30)21-5-1-4-20-22(21)25-15-26-23(20)29/h1-7,9-10,12,14-15,27H,8,11,13H2,(H,25,26,29). The molecule has 4 rings (SSSR count). The number of aryl methyl sites for hydroxylation is 1. The Morgan fingerprint density at radius 3 is 2.65 bits per heavy atom. The number of H-pyrrole nitrogens is 1. The minimum Gasteiger partial charge on any atom is -0.313 e. The van der Waals surface area contributed by atoms with Crippen LogP contribution in [0.4, 0.5) is 5.69 Å². The number of hydrogen-bond acceptors (Lipinski definition) is 5. The van der Waals surface area contributed by atoms with Gasteiger partial charge in [0, 0.05) is 30.9 Å². The highest BCUT2D eigenvalue weighted by molar-refractivity contribution is 7.86. The summed E-state index contributed by atoms with van der Waals surface area (Å²) in [5.41, 5.74) is 2.70. The summed E-state index contributed by atoms with van der Waals surface area (Å²) < 4.78 is 15.7. The molecule has 0 amide bonds. The van der Waals surface area contributed by atoms with Gasteiger partial charge in [-0.3, -0.25) is 14.6 Å². The molecular weight excluding hydrogens is 412 g/mol. The number of nitrogens with zero attached hydrogens (tertiary/aromatic N) is 2. The summed E-state index contributed by atoms with van der Waals surface area (Å²) >= 11 is 0. The van der Waals surface area contributed by atoms with Crippen molar-refractivity contribution in [2.75, 3.05) is 4.72 Å². The topological polar surface area (TPSA) is 105 Å². The second-order valence-electron chi connectivity index (χ2n) is 7.03. The van der Waals surface area contributed by atoms with Crippen molar-refractivity contribution in [2.24, 2.45) is 0 Å². The maximum Gasteiger partial charge on any atom is 0.258 e. The monoisotopic (exact) mass is 432 g/mol. The van der Waals surface area contributed by atoms with E-state index in [9.17, 15) is 13.8 Å². The predicted octanol–water partition coefficient (Wildman–Crippen LogP) is 3.20. The van der Waals surface area contributed by atoms with Gasteiger partial charge in [-0.1, -0.05) is 24.3 Å². The van der Waals surface area contributed by atoms with Gasteiger partial charge in [0.1, 0.15) is 5.78 Å². The fourth-order valence-electron chi connectivity index (χ4n) is 3.22. The van der Waals surface area contributed by atoms with Crippen molar-refractivity contribution in [1.82, 2.24) is 15.0 Å². The zero-order valence-corrected chi connectivity index (χ0v) is 17.4. The van der Waals surface area contributed by atoms with Crippen LogP contribution in [-0.4, -0.2) is 24.9 Å². The normalized spacial score (nSPS) is 11.9. The molecule has 0 spiro atoms. The lowest BCUT2D eigenvalue weighted by atomic mass is 10.0. The van der Waals surface area contributed by atoms with E-state index in [1.54, 1.807) is 42.7 Å². The van der Waals surface area contributed by atoms with Gasteiger partial charge in [-0.05, 0) is 47.9 Å². The second kappa shape index (κ2) is 9.44. The van der Waals surface area contributed by atoms with Gasteiger partial charge in [0.15, 0.2) is 11.0 Å². The van der Waals surface area contributed by atoms with E-state index in [2.05, 4.69) is 19.7 Å². The van der Waals surface area contributed by atoms with E-state index >= 15 is 0 Å². The highest BCUT2D eigenvalue weighted by atomic mass is 32.2. The van der Waals surface area contributed by atoms with Gasteiger partial charge in [-0.2, -0.15) is 0 Å². The van der Waals surface area contributed by atoms with Crippen LogP contribution in [0.5, 0.6) is 0 Å². The number of aromatic amines is 1. The van der Waals surface area contributed by atoms with E-state index in [-0.39, 0.29) is 11.3 Å². The Hall–Kier alpha value is -3.65. The van der Waals surface area contributed by atoms with Crippen LogP contribution in [0, 0.1) is 0 Å². The number of nitrogens with one attached hydrogen (secondary N) is 2. The largest absolute Gasteiger partial charge is 0.313 e. The number of carbonyl (C=O) groups is 1. The lowest BCUT2D eigenvalue weighted by Gasteiger charge is -2.09. The molecule has 2 aromatic carbocycles. The second-order valence-corrected chi connectivity index (χ2v) is 8.21. The van der Waals surface area contributed by atoms with E-state index in [1.165, 1.54) is 6.33 Å². The lowest BCUT2D eigenvalue weighted by Crippen LogP contribution is -2.10. The molecule has 156 valence electrons. The van der Waals surface area contributed by atoms with Gasteiger partial charge < -0.3 is 9.71 Å². The number of anilines is 1. The molecule has 4 aromatic rings. The number of hydrogen-bond donors (Lipinski definition) is 2. The Balaban J connectivity index is 1.38. The van der Waals surface area contributed by atoms with Crippen LogP contribution in [0.3, 0.4) is 0 Å². The van der Waals surface area contributed by atoms with Crippen LogP contribution in [0.15, 0.2) is 83.0 Å².